The number of hydrogen-bond donors (Lipinski definition) is 1. The molecule has 1 N–H and O–H groups in total. The van der Waals surface area contributed by atoms with E-state index in [9.17, 15) is 4.79 Å². The lowest BCUT2D eigenvalue weighted by Crippen LogP contribution is -2.64. The first kappa shape index (κ1) is 16.3. The van der Waals surface area contributed by atoms with Crippen molar-refractivity contribution in [2.24, 2.45) is 5.41 Å². The van der Waals surface area contributed by atoms with E-state index in [2.05, 4.69) is 10.5 Å². The Balaban J connectivity index is 1.70. The third-order valence-electron chi connectivity index (χ3n) is 5.70. The van der Waals surface area contributed by atoms with Crippen molar-refractivity contribution in [3.63, 3.8) is 0 Å². The second-order valence-electron chi connectivity index (χ2n) is 6.88. The van der Waals surface area contributed by atoms with Crippen LogP contribution in [0.1, 0.15) is 50.5 Å². The molecule has 0 saturated heterocycles. The van der Waals surface area contributed by atoms with Crippen molar-refractivity contribution in [2.75, 3.05) is 19.0 Å². The summed E-state index contributed by atoms with van der Waals surface area (Å²) in [6.07, 6.45) is 6.02. The standard InChI is InChI=1S/C17H27N3O3/c1-5-22-14-10-13(17(14)8-6-7-9-17)20(4)16(21)18-15-11(2)19-23-12(15)3/h13-14H,5-10H2,1-4H3,(H,18,21). The molecule has 1 spiro atoms. The van der Waals surface area contributed by atoms with Crippen molar-refractivity contribution < 1.29 is 14.1 Å². The highest BCUT2D eigenvalue weighted by molar-refractivity contribution is 5.90. The number of carbonyl (C=O) groups is 1. The molecule has 0 radical (unpaired) electrons. The monoisotopic (exact) mass is 321 g/mol. The van der Waals surface area contributed by atoms with Gasteiger partial charge in [-0.3, -0.25) is 0 Å². The Kier molecular flexibility index (Phi) is 4.36. The highest BCUT2D eigenvalue weighted by atomic mass is 16.5. The summed E-state index contributed by atoms with van der Waals surface area (Å²) in [5, 5.41) is 6.84. The zero-order chi connectivity index (χ0) is 16.6. The molecule has 6 nitrogen and oxygen atoms in total. The van der Waals surface area contributed by atoms with Crippen LogP contribution in [-0.4, -0.2) is 41.9 Å². The molecule has 0 aromatic carbocycles. The molecule has 0 aliphatic heterocycles. The van der Waals surface area contributed by atoms with E-state index in [-0.39, 0.29) is 17.5 Å². The van der Waals surface area contributed by atoms with E-state index in [1.54, 1.807) is 0 Å². The summed E-state index contributed by atoms with van der Waals surface area (Å²) >= 11 is 0. The zero-order valence-corrected chi connectivity index (χ0v) is 14.5. The average Bonchev–Trinajstić information content (AvgIpc) is 3.14. The molecule has 0 bridgehead atoms. The van der Waals surface area contributed by atoms with Crippen molar-refractivity contribution in [2.45, 2.75) is 65.0 Å². The minimum atomic E-state index is -0.0920. The minimum Gasteiger partial charge on any atom is -0.378 e. The molecule has 2 amide bonds. The highest BCUT2D eigenvalue weighted by Crippen LogP contribution is 2.56. The molecule has 2 saturated carbocycles. The average molecular weight is 321 g/mol. The van der Waals surface area contributed by atoms with Crippen LogP contribution >= 0.6 is 0 Å². The van der Waals surface area contributed by atoms with Gasteiger partial charge < -0.3 is 19.5 Å². The lowest BCUT2D eigenvalue weighted by Gasteiger charge is -2.56. The maximum atomic E-state index is 12.7. The van der Waals surface area contributed by atoms with Gasteiger partial charge in [0.25, 0.3) is 0 Å². The summed E-state index contributed by atoms with van der Waals surface area (Å²) in [6, 6.07) is 0.160. The van der Waals surface area contributed by atoms with Crippen molar-refractivity contribution >= 4 is 11.7 Å². The van der Waals surface area contributed by atoms with Crippen LogP contribution in [0.4, 0.5) is 10.5 Å². The Hall–Kier alpha value is -1.56. The SMILES string of the molecule is CCOC1CC(N(C)C(=O)Nc2c(C)noc2C)C12CCCC2. The van der Waals surface area contributed by atoms with Gasteiger partial charge in [-0.25, -0.2) is 4.79 Å². The van der Waals surface area contributed by atoms with Gasteiger partial charge in [-0.05, 0) is 40.0 Å². The quantitative estimate of drug-likeness (QED) is 0.921. The molecule has 128 valence electrons. The van der Waals surface area contributed by atoms with Gasteiger partial charge in [0.2, 0.25) is 0 Å². The summed E-state index contributed by atoms with van der Waals surface area (Å²) in [5.41, 5.74) is 1.55. The maximum Gasteiger partial charge on any atom is 0.322 e. The molecule has 2 aliphatic carbocycles. The zero-order valence-electron chi connectivity index (χ0n) is 14.5. The number of hydrogen-bond acceptors (Lipinski definition) is 4. The first-order valence-corrected chi connectivity index (χ1v) is 8.58. The number of nitrogens with one attached hydrogen (secondary N) is 1. The van der Waals surface area contributed by atoms with Gasteiger partial charge in [0.15, 0.2) is 5.76 Å². The molecule has 6 heteroatoms. The molecular weight excluding hydrogens is 294 g/mol. The maximum absolute atomic E-state index is 12.7. The van der Waals surface area contributed by atoms with Crippen molar-refractivity contribution in [3.8, 4) is 0 Å². The number of amides is 2. The smallest absolute Gasteiger partial charge is 0.322 e. The number of urea groups is 1. The van der Waals surface area contributed by atoms with Crippen LogP contribution in [0.2, 0.25) is 0 Å². The van der Waals surface area contributed by atoms with Crippen molar-refractivity contribution in [1.82, 2.24) is 10.1 Å². The second kappa shape index (κ2) is 6.15. The lowest BCUT2D eigenvalue weighted by atomic mass is 9.60. The van der Waals surface area contributed by atoms with Crippen LogP contribution < -0.4 is 5.32 Å². The number of rotatable bonds is 4. The lowest BCUT2D eigenvalue weighted by molar-refractivity contribution is -0.150. The van der Waals surface area contributed by atoms with Gasteiger partial charge in [0.05, 0.1) is 6.10 Å². The van der Waals surface area contributed by atoms with Gasteiger partial charge in [0.1, 0.15) is 11.4 Å². The van der Waals surface area contributed by atoms with Crippen LogP contribution in [0.3, 0.4) is 0 Å². The summed E-state index contributed by atoms with van der Waals surface area (Å²) in [6.45, 7) is 6.43. The van der Waals surface area contributed by atoms with E-state index < -0.39 is 0 Å². The Bertz CT molecular complexity index is 558. The fraction of sp³-hybridized carbons (Fsp3) is 0.765. The molecule has 2 atom stereocenters. The first-order valence-electron chi connectivity index (χ1n) is 8.58. The molecule has 1 heterocycles. The van der Waals surface area contributed by atoms with E-state index in [4.69, 9.17) is 9.26 Å². The van der Waals surface area contributed by atoms with Gasteiger partial charge in [-0.15, -0.1) is 0 Å². The summed E-state index contributed by atoms with van der Waals surface area (Å²) < 4.78 is 11.1. The highest BCUT2D eigenvalue weighted by Gasteiger charge is 2.58. The van der Waals surface area contributed by atoms with Crippen molar-refractivity contribution in [3.05, 3.63) is 11.5 Å². The molecule has 3 rings (SSSR count). The van der Waals surface area contributed by atoms with Gasteiger partial charge >= 0.3 is 6.03 Å². The second-order valence-corrected chi connectivity index (χ2v) is 6.88. The normalized spacial score (nSPS) is 25.4. The summed E-state index contributed by atoms with van der Waals surface area (Å²) in [4.78, 5) is 14.5. The van der Waals surface area contributed by atoms with Crippen molar-refractivity contribution in [1.29, 1.82) is 0 Å². The molecule has 23 heavy (non-hydrogen) atoms. The largest absolute Gasteiger partial charge is 0.378 e. The fourth-order valence-electron chi connectivity index (χ4n) is 4.39. The van der Waals surface area contributed by atoms with E-state index in [1.807, 2.05) is 32.7 Å². The van der Waals surface area contributed by atoms with E-state index >= 15 is 0 Å². The predicted molar refractivity (Wildman–Crippen MR) is 87.5 cm³/mol. The minimum absolute atomic E-state index is 0.0920. The fourth-order valence-corrected chi connectivity index (χ4v) is 4.39. The Labute approximate surface area is 137 Å². The van der Waals surface area contributed by atoms with Crippen LogP contribution in [-0.2, 0) is 4.74 Å². The number of aromatic nitrogens is 1. The van der Waals surface area contributed by atoms with Gasteiger partial charge in [-0.1, -0.05) is 18.0 Å². The Morgan fingerprint density at radius 1 is 1.43 bits per heavy atom. The molecule has 2 aliphatic rings. The van der Waals surface area contributed by atoms with Gasteiger partial charge in [-0.2, -0.15) is 0 Å². The number of carbonyl (C=O) groups excluding carboxylic acids is 1. The van der Waals surface area contributed by atoms with Crippen LogP contribution in [0.5, 0.6) is 0 Å². The molecule has 1 aromatic heterocycles. The Morgan fingerprint density at radius 2 is 2.13 bits per heavy atom. The summed E-state index contributed by atoms with van der Waals surface area (Å²) in [5.74, 6) is 0.639. The molecule has 2 unspecified atom stereocenters. The number of aryl methyl sites for hydroxylation is 2. The predicted octanol–water partition coefficient (Wildman–Crippen LogP) is 3.49. The molecule has 2 fully saturated rings. The number of ether oxygens (including phenoxy) is 1. The summed E-state index contributed by atoms with van der Waals surface area (Å²) in [7, 11) is 1.89. The third kappa shape index (κ3) is 2.63. The van der Waals surface area contributed by atoms with Crippen LogP contribution in [0, 0.1) is 19.3 Å². The molecule has 1 aromatic rings. The third-order valence-corrected chi connectivity index (χ3v) is 5.70. The van der Waals surface area contributed by atoms with Crippen LogP contribution in [0.25, 0.3) is 0 Å². The van der Waals surface area contributed by atoms with E-state index in [0.717, 1.165) is 25.9 Å². The Morgan fingerprint density at radius 3 is 2.70 bits per heavy atom. The topological polar surface area (TPSA) is 67.6 Å². The van der Waals surface area contributed by atoms with E-state index in [1.165, 1.54) is 12.8 Å². The molecular formula is C17H27N3O3. The van der Waals surface area contributed by atoms with E-state index in [0.29, 0.717) is 23.2 Å². The van der Waals surface area contributed by atoms with Gasteiger partial charge in [0, 0.05) is 25.1 Å². The number of nitrogens with zero attached hydrogens (tertiary/aromatic N) is 2. The number of anilines is 1. The van der Waals surface area contributed by atoms with Crippen LogP contribution in [0.15, 0.2) is 4.52 Å². The first-order chi connectivity index (χ1) is 11.0.